The van der Waals surface area contributed by atoms with E-state index < -0.39 is 0 Å². The van der Waals surface area contributed by atoms with E-state index in [1.54, 1.807) is 37.3 Å². The summed E-state index contributed by atoms with van der Waals surface area (Å²) in [6.07, 6.45) is 0. The topological polar surface area (TPSA) is 96.0 Å². The maximum Gasteiger partial charge on any atom is 0.274 e. The molecule has 28 heavy (non-hydrogen) atoms. The van der Waals surface area contributed by atoms with Gasteiger partial charge in [-0.2, -0.15) is 0 Å². The summed E-state index contributed by atoms with van der Waals surface area (Å²) in [5, 5.41) is 8.70. The van der Waals surface area contributed by atoms with Crippen molar-refractivity contribution in [1.82, 2.24) is 9.97 Å². The van der Waals surface area contributed by atoms with Crippen molar-refractivity contribution in [2.24, 2.45) is 0 Å². The zero-order valence-electron chi connectivity index (χ0n) is 15.9. The molecule has 2 aromatic carbocycles. The molecule has 0 unspecified atom stereocenters. The van der Waals surface area contributed by atoms with Gasteiger partial charge in [0.05, 0.1) is 0 Å². The second-order valence-electron chi connectivity index (χ2n) is 6.34. The average Bonchev–Trinajstić information content (AvgIpc) is 2.63. The number of nitrogens with one attached hydrogen (secondary N) is 3. The molecule has 2 amide bonds. The van der Waals surface area contributed by atoms with E-state index in [0.717, 1.165) is 11.3 Å². The first kappa shape index (κ1) is 19.0. The van der Waals surface area contributed by atoms with Gasteiger partial charge in [-0.25, -0.2) is 9.97 Å². The van der Waals surface area contributed by atoms with Crippen LogP contribution in [0, 0.1) is 13.8 Å². The summed E-state index contributed by atoms with van der Waals surface area (Å²) < 4.78 is 0. The first-order chi connectivity index (χ1) is 13.4. The fourth-order valence-corrected chi connectivity index (χ4v) is 2.67. The van der Waals surface area contributed by atoms with Crippen LogP contribution in [0.1, 0.15) is 28.8 Å². The molecular formula is C21H21N5O2. The minimum absolute atomic E-state index is 0.179. The molecule has 7 heteroatoms. The fraction of sp³-hybridized carbons (Fsp3) is 0.143. The minimum atomic E-state index is -0.363. The van der Waals surface area contributed by atoms with E-state index in [1.165, 1.54) is 6.92 Å². The highest BCUT2D eigenvalue weighted by molar-refractivity contribution is 6.03. The zero-order valence-corrected chi connectivity index (χ0v) is 15.9. The van der Waals surface area contributed by atoms with E-state index in [9.17, 15) is 9.59 Å². The van der Waals surface area contributed by atoms with Crippen LogP contribution in [0.4, 0.5) is 22.9 Å². The summed E-state index contributed by atoms with van der Waals surface area (Å²) in [6, 6.07) is 16.3. The lowest BCUT2D eigenvalue weighted by Gasteiger charge is -2.11. The van der Waals surface area contributed by atoms with E-state index in [0.29, 0.717) is 23.0 Å². The third-order valence-electron chi connectivity index (χ3n) is 3.92. The Balaban J connectivity index is 1.80. The molecule has 1 aromatic heterocycles. The molecular weight excluding hydrogens is 354 g/mol. The Morgan fingerprint density at radius 2 is 1.57 bits per heavy atom. The van der Waals surface area contributed by atoms with Gasteiger partial charge in [-0.3, -0.25) is 9.59 Å². The number of aromatic nitrogens is 2. The smallest absolute Gasteiger partial charge is 0.274 e. The molecule has 0 bridgehead atoms. The monoisotopic (exact) mass is 375 g/mol. The summed E-state index contributed by atoms with van der Waals surface area (Å²) in [5.74, 6) is 0.481. The highest BCUT2D eigenvalue weighted by Gasteiger charge is 2.12. The van der Waals surface area contributed by atoms with Gasteiger partial charge in [0, 0.05) is 30.1 Å². The molecule has 3 N–H and O–H groups in total. The van der Waals surface area contributed by atoms with Crippen molar-refractivity contribution in [2.45, 2.75) is 20.8 Å². The number of anilines is 4. The van der Waals surface area contributed by atoms with Crippen LogP contribution < -0.4 is 16.0 Å². The van der Waals surface area contributed by atoms with Gasteiger partial charge in [0.1, 0.15) is 17.3 Å². The van der Waals surface area contributed by atoms with Gasteiger partial charge in [-0.1, -0.05) is 24.3 Å². The molecule has 0 radical (unpaired) electrons. The lowest BCUT2D eigenvalue weighted by molar-refractivity contribution is -0.114. The number of hydrogen-bond acceptors (Lipinski definition) is 5. The van der Waals surface area contributed by atoms with Gasteiger partial charge in [0.25, 0.3) is 5.91 Å². The Hall–Kier alpha value is -3.74. The van der Waals surface area contributed by atoms with Crippen molar-refractivity contribution >= 4 is 34.7 Å². The van der Waals surface area contributed by atoms with Crippen molar-refractivity contribution in [3.05, 3.63) is 71.7 Å². The highest BCUT2D eigenvalue weighted by atomic mass is 16.2. The number of nitrogens with zero attached hydrogens (tertiary/aromatic N) is 2. The molecule has 0 atom stereocenters. The van der Waals surface area contributed by atoms with E-state index in [1.807, 2.05) is 31.2 Å². The van der Waals surface area contributed by atoms with Crippen molar-refractivity contribution in [3.8, 4) is 0 Å². The number of para-hydroxylation sites is 1. The number of amides is 2. The van der Waals surface area contributed by atoms with E-state index >= 15 is 0 Å². The maximum absolute atomic E-state index is 12.7. The largest absolute Gasteiger partial charge is 0.340 e. The van der Waals surface area contributed by atoms with Gasteiger partial charge < -0.3 is 16.0 Å². The zero-order chi connectivity index (χ0) is 20.1. The number of rotatable bonds is 5. The molecule has 0 saturated heterocycles. The molecule has 0 aliphatic carbocycles. The Bertz CT molecular complexity index is 1030. The average molecular weight is 375 g/mol. The molecule has 142 valence electrons. The molecule has 0 aliphatic rings. The predicted octanol–water partition coefficient (Wildman–Crippen LogP) is 4.05. The van der Waals surface area contributed by atoms with Crippen LogP contribution in [0.5, 0.6) is 0 Å². The predicted molar refractivity (Wildman–Crippen MR) is 110 cm³/mol. The second-order valence-corrected chi connectivity index (χ2v) is 6.34. The minimum Gasteiger partial charge on any atom is -0.340 e. The Kier molecular flexibility index (Phi) is 5.64. The van der Waals surface area contributed by atoms with Crippen molar-refractivity contribution in [3.63, 3.8) is 0 Å². The summed E-state index contributed by atoms with van der Waals surface area (Å²) in [7, 11) is 0. The first-order valence-electron chi connectivity index (χ1n) is 8.78. The molecule has 3 rings (SSSR count). The molecule has 3 aromatic rings. The summed E-state index contributed by atoms with van der Waals surface area (Å²) in [5.41, 5.74) is 3.38. The number of aryl methyl sites for hydroxylation is 2. The van der Waals surface area contributed by atoms with Crippen LogP contribution in [0.25, 0.3) is 0 Å². The van der Waals surface area contributed by atoms with Crippen LogP contribution in [0.3, 0.4) is 0 Å². The van der Waals surface area contributed by atoms with Crippen LogP contribution in [0.2, 0.25) is 0 Å². The SMILES string of the molecule is CC(=O)Nc1cccc(NC(=O)c2cc(Nc3ccccc3C)nc(C)n2)c1. The third kappa shape index (κ3) is 4.91. The summed E-state index contributed by atoms with van der Waals surface area (Å²) in [6.45, 7) is 5.15. The number of carbonyl (C=O) groups excluding carboxylic acids is 2. The van der Waals surface area contributed by atoms with Gasteiger partial charge in [-0.05, 0) is 43.7 Å². The second kappa shape index (κ2) is 8.30. The van der Waals surface area contributed by atoms with E-state index in [-0.39, 0.29) is 17.5 Å². The molecule has 0 saturated carbocycles. The molecule has 1 heterocycles. The third-order valence-corrected chi connectivity index (χ3v) is 3.92. The fourth-order valence-electron chi connectivity index (χ4n) is 2.67. The molecule has 7 nitrogen and oxygen atoms in total. The van der Waals surface area contributed by atoms with Gasteiger partial charge >= 0.3 is 0 Å². The molecule has 0 spiro atoms. The summed E-state index contributed by atoms with van der Waals surface area (Å²) >= 11 is 0. The van der Waals surface area contributed by atoms with Gasteiger partial charge in [0.2, 0.25) is 5.91 Å². The van der Waals surface area contributed by atoms with Crippen LogP contribution in [-0.4, -0.2) is 21.8 Å². The quantitative estimate of drug-likeness (QED) is 0.625. The number of hydrogen-bond donors (Lipinski definition) is 3. The Morgan fingerprint density at radius 1 is 0.857 bits per heavy atom. The van der Waals surface area contributed by atoms with E-state index in [4.69, 9.17) is 0 Å². The highest BCUT2D eigenvalue weighted by Crippen LogP contribution is 2.20. The van der Waals surface area contributed by atoms with Gasteiger partial charge in [0.15, 0.2) is 0 Å². The van der Waals surface area contributed by atoms with Crippen LogP contribution in [0.15, 0.2) is 54.6 Å². The standard InChI is InChI=1S/C21H21N5O2/c1-13-7-4-5-10-18(13)26-20-12-19(22-14(2)23-20)21(28)25-17-9-6-8-16(11-17)24-15(3)27/h4-12H,1-3H3,(H,24,27)(H,25,28)(H,22,23,26). The number of carbonyl (C=O) groups is 2. The van der Waals surface area contributed by atoms with Crippen molar-refractivity contribution in [1.29, 1.82) is 0 Å². The van der Waals surface area contributed by atoms with Crippen molar-refractivity contribution in [2.75, 3.05) is 16.0 Å². The lowest BCUT2D eigenvalue weighted by atomic mass is 10.2. The molecule has 0 fully saturated rings. The Labute approximate surface area is 163 Å². The van der Waals surface area contributed by atoms with Crippen LogP contribution >= 0.6 is 0 Å². The molecule has 0 aliphatic heterocycles. The van der Waals surface area contributed by atoms with Crippen LogP contribution in [-0.2, 0) is 4.79 Å². The van der Waals surface area contributed by atoms with Gasteiger partial charge in [-0.15, -0.1) is 0 Å². The summed E-state index contributed by atoms with van der Waals surface area (Å²) in [4.78, 5) is 32.4. The maximum atomic E-state index is 12.7. The lowest BCUT2D eigenvalue weighted by Crippen LogP contribution is -2.16. The Morgan fingerprint density at radius 3 is 2.29 bits per heavy atom. The van der Waals surface area contributed by atoms with E-state index in [2.05, 4.69) is 25.9 Å². The van der Waals surface area contributed by atoms with Crippen molar-refractivity contribution < 1.29 is 9.59 Å². The number of benzene rings is 2. The normalized spacial score (nSPS) is 10.2. The first-order valence-corrected chi connectivity index (χ1v) is 8.78.